The summed E-state index contributed by atoms with van der Waals surface area (Å²) in [4.78, 5) is 91.0. The van der Waals surface area contributed by atoms with E-state index in [1.54, 1.807) is 17.3 Å². The molecule has 4 rings (SSSR count). The van der Waals surface area contributed by atoms with E-state index in [0.29, 0.717) is 42.9 Å². The van der Waals surface area contributed by atoms with Gasteiger partial charge in [0.25, 0.3) is 0 Å². The van der Waals surface area contributed by atoms with Gasteiger partial charge in [-0.25, -0.2) is 15.0 Å². The third-order valence-corrected chi connectivity index (χ3v) is 10.6. The molecule has 58 heavy (non-hydrogen) atoms. The van der Waals surface area contributed by atoms with E-state index in [-0.39, 0.29) is 38.3 Å². The third-order valence-electron chi connectivity index (χ3n) is 10.6. The highest BCUT2D eigenvalue weighted by molar-refractivity contribution is 5.96. The van der Waals surface area contributed by atoms with Crippen LogP contribution in [0.4, 0.5) is 0 Å². The Morgan fingerprint density at radius 1 is 0.672 bits per heavy atom. The van der Waals surface area contributed by atoms with Crippen LogP contribution in [-0.2, 0) is 43.2 Å². The molecule has 17 heteroatoms. The first-order valence-corrected chi connectivity index (χ1v) is 21.4. The highest BCUT2D eigenvalue weighted by Crippen LogP contribution is 2.21. The van der Waals surface area contributed by atoms with E-state index in [0.717, 1.165) is 19.3 Å². The van der Waals surface area contributed by atoms with E-state index in [1.807, 2.05) is 0 Å². The molecular formula is C41H66N12O5. The number of aromatic amines is 3. The van der Waals surface area contributed by atoms with E-state index in [2.05, 4.69) is 58.1 Å². The standard InChI is InChI=1S/C41H66N12O5/c1-2-3-4-5-6-7-8-9-10-11-12-13-14-17-37(54)53-20-15-16-36(53)41(58)52-35(23-32-26-45-29-49-32)40(57)51-34(22-31-25-44-28-48-31)39(56)50-33(38(55)46-19-18-42)21-30-24-43-27-47-30/h24-29,33-36H,2-23,42H2,1H3,(H,43,47)(H,44,48)(H,45,49)(H,46,55)(H,50,56)(H,51,57)(H,52,58). The van der Waals surface area contributed by atoms with Gasteiger partial charge in [0, 0.05) is 81.0 Å². The van der Waals surface area contributed by atoms with Crippen molar-refractivity contribution in [2.75, 3.05) is 19.6 Å². The number of amides is 5. The van der Waals surface area contributed by atoms with Crippen molar-refractivity contribution < 1.29 is 24.0 Å². The zero-order valence-corrected chi connectivity index (χ0v) is 34.2. The second kappa shape index (κ2) is 26.0. The van der Waals surface area contributed by atoms with Crippen LogP contribution in [0.1, 0.15) is 127 Å². The Hall–Kier alpha value is -5.06. The van der Waals surface area contributed by atoms with Crippen LogP contribution in [0.25, 0.3) is 0 Å². The number of nitrogens with two attached hydrogens (primary N) is 1. The van der Waals surface area contributed by atoms with Gasteiger partial charge in [0.1, 0.15) is 24.2 Å². The number of nitrogens with one attached hydrogen (secondary N) is 7. The molecule has 4 atom stereocenters. The first kappa shape index (κ1) is 45.6. The molecule has 0 aromatic carbocycles. The number of aromatic nitrogens is 6. The summed E-state index contributed by atoms with van der Waals surface area (Å²) in [5, 5.41) is 11.2. The average Bonchev–Trinajstić information content (AvgIpc) is 4.07. The molecule has 5 amide bonds. The number of H-pyrrole nitrogens is 3. The topological polar surface area (TPSA) is 249 Å². The van der Waals surface area contributed by atoms with Crippen molar-refractivity contribution in [3.63, 3.8) is 0 Å². The van der Waals surface area contributed by atoms with E-state index >= 15 is 0 Å². The second-order valence-corrected chi connectivity index (χ2v) is 15.3. The Kier molecular flexibility index (Phi) is 20.5. The lowest BCUT2D eigenvalue weighted by Crippen LogP contribution is -2.59. The molecule has 0 radical (unpaired) electrons. The lowest BCUT2D eigenvalue weighted by atomic mass is 10.0. The lowest BCUT2D eigenvalue weighted by molar-refractivity contribution is -0.139. The van der Waals surface area contributed by atoms with Crippen LogP contribution in [0, 0.1) is 0 Å². The predicted octanol–water partition coefficient (Wildman–Crippen LogP) is 2.89. The van der Waals surface area contributed by atoms with Crippen molar-refractivity contribution in [1.82, 2.24) is 56.1 Å². The van der Waals surface area contributed by atoms with Crippen molar-refractivity contribution >= 4 is 29.5 Å². The summed E-state index contributed by atoms with van der Waals surface area (Å²) in [5.74, 6) is -2.17. The fraction of sp³-hybridized carbons (Fsp3) is 0.659. The van der Waals surface area contributed by atoms with Crippen molar-refractivity contribution in [1.29, 1.82) is 0 Å². The maximum absolute atomic E-state index is 14.1. The van der Waals surface area contributed by atoms with Gasteiger partial charge in [-0.2, -0.15) is 0 Å². The van der Waals surface area contributed by atoms with Crippen LogP contribution in [0.5, 0.6) is 0 Å². The number of hydrogen-bond donors (Lipinski definition) is 8. The first-order valence-electron chi connectivity index (χ1n) is 21.4. The zero-order chi connectivity index (χ0) is 41.4. The summed E-state index contributed by atoms with van der Waals surface area (Å²) in [7, 11) is 0. The molecule has 3 aromatic heterocycles. The summed E-state index contributed by atoms with van der Waals surface area (Å²) in [6.45, 7) is 3.15. The quantitative estimate of drug-likeness (QED) is 0.0480. The number of imidazole rings is 3. The van der Waals surface area contributed by atoms with Gasteiger partial charge in [0.05, 0.1) is 19.0 Å². The van der Waals surface area contributed by atoms with Crippen LogP contribution in [0.15, 0.2) is 37.6 Å². The number of unbranched alkanes of at least 4 members (excludes halogenated alkanes) is 12. The summed E-state index contributed by atoms with van der Waals surface area (Å²) in [6, 6.07) is -3.99. The average molecular weight is 807 g/mol. The number of rotatable bonds is 29. The minimum Gasteiger partial charge on any atom is -0.353 e. The Morgan fingerprint density at radius 3 is 1.57 bits per heavy atom. The molecule has 1 saturated heterocycles. The molecule has 4 heterocycles. The summed E-state index contributed by atoms with van der Waals surface area (Å²) in [6.07, 6.45) is 26.7. The van der Waals surface area contributed by atoms with Gasteiger partial charge < -0.3 is 46.9 Å². The van der Waals surface area contributed by atoms with Gasteiger partial charge in [-0.05, 0) is 19.3 Å². The van der Waals surface area contributed by atoms with Crippen LogP contribution in [-0.4, -0.2) is 108 Å². The third kappa shape index (κ3) is 16.1. The van der Waals surface area contributed by atoms with Crippen molar-refractivity contribution in [2.24, 2.45) is 5.73 Å². The molecule has 1 fully saturated rings. The molecule has 1 aliphatic rings. The van der Waals surface area contributed by atoms with E-state index < -0.39 is 47.8 Å². The van der Waals surface area contributed by atoms with Crippen LogP contribution in [0.3, 0.4) is 0 Å². The molecule has 0 saturated carbocycles. The fourth-order valence-electron chi connectivity index (χ4n) is 7.38. The molecule has 9 N–H and O–H groups in total. The summed E-state index contributed by atoms with van der Waals surface area (Å²) in [5.41, 5.74) is 7.37. The Bertz CT molecular complexity index is 1620. The zero-order valence-electron chi connectivity index (χ0n) is 34.2. The molecule has 1 aliphatic heterocycles. The van der Waals surface area contributed by atoms with Gasteiger partial charge in [-0.1, -0.05) is 84.0 Å². The maximum Gasteiger partial charge on any atom is 0.243 e. The highest BCUT2D eigenvalue weighted by Gasteiger charge is 2.37. The van der Waals surface area contributed by atoms with Gasteiger partial charge >= 0.3 is 0 Å². The van der Waals surface area contributed by atoms with Gasteiger partial charge in [0.2, 0.25) is 29.5 Å². The van der Waals surface area contributed by atoms with Gasteiger partial charge in [0.15, 0.2) is 0 Å². The van der Waals surface area contributed by atoms with Crippen molar-refractivity contribution in [3.8, 4) is 0 Å². The number of carbonyl (C=O) groups is 5. The van der Waals surface area contributed by atoms with Gasteiger partial charge in [-0.3, -0.25) is 24.0 Å². The van der Waals surface area contributed by atoms with Crippen molar-refractivity contribution in [3.05, 3.63) is 54.7 Å². The second-order valence-electron chi connectivity index (χ2n) is 15.3. The smallest absolute Gasteiger partial charge is 0.243 e. The van der Waals surface area contributed by atoms with Crippen LogP contribution < -0.4 is 27.0 Å². The Morgan fingerprint density at radius 2 is 1.12 bits per heavy atom. The van der Waals surface area contributed by atoms with Crippen LogP contribution >= 0.6 is 0 Å². The predicted molar refractivity (Wildman–Crippen MR) is 220 cm³/mol. The summed E-state index contributed by atoms with van der Waals surface area (Å²) >= 11 is 0. The minimum atomic E-state index is -1.16. The maximum atomic E-state index is 14.1. The van der Waals surface area contributed by atoms with E-state index in [9.17, 15) is 24.0 Å². The Balaban J connectivity index is 1.33. The largest absolute Gasteiger partial charge is 0.353 e. The number of carbonyl (C=O) groups excluding carboxylic acids is 5. The summed E-state index contributed by atoms with van der Waals surface area (Å²) < 4.78 is 0. The molecule has 320 valence electrons. The highest BCUT2D eigenvalue weighted by atomic mass is 16.2. The number of hydrogen-bond acceptors (Lipinski definition) is 9. The molecular weight excluding hydrogens is 741 g/mol. The molecule has 3 aromatic rings. The number of likely N-dealkylation sites (tertiary alicyclic amines) is 1. The van der Waals surface area contributed by atoms with Gasteiger partial charge in [-0.15, -0.1) is 0 Å². The first-order chi connectivity index (χ1) is 28.3. The van der Waals surface area contributed by atoms with E-state index in [4.69, 9.17) is 5.73 Å². The molecule has 0 bridgehead atoms. The monoisotopic (exact) mass is 807 g/mol. The van der Waals surface area contributed by atoms with E-state index in [1.165, 1.54) is 89.4 Å². The number of nitrogens with zero attached hydrogens (tertiary/aromatic N) is 4. The lowest BCUT2D eigenvalue weighted by Gasteiger charge is -2.28. The SMILES string of the molecule is CCCCCCCCCCCCCCCC(=O)N1CCCC1C(=O)NC(Cc1cnc[nH]1)C(=O)NC(Cc1cnc[nH]1)C(=O)NC(Cc1cnc[nH]1)C(=O)NCCN. The molecule has 17 nitrogen and oxygen atoms in total. The normalized spacial score (nSPS) is 15.4. The molecule has 4 unspecified atom stereocenters. The minimum absolute atomic E-state index is 0.0214. The Labute approximate surface area is 342 Å². The molecule has 0 spiro atoms. The van der Waals surface area contributed by atoms with Crippen molar-refractivity contribution in [2.45, 2.75) is 153 Å². The fourth-order valence-corrected chi connectivity index (χ4v) is 7.38. The molecule has 0 aliphatic carbocycles. The van der Waals surface area contributed by atoms with Crippen LogP contribution in [0.2, 0.25) is 0 Å².